The highest BCUT2D eigenvalue weighted by atomic mass is 19.4. The zero-order chi connectivity index (χ0) is 25.7. The minimum atomic E-state index is -5.01. The van der Waals surface area contributed by atoms with E-state index in [-0.39, 0.29) is 6.04 Å². The van der Waals surface area contributed by atoms with Crippen LogP contribution in [-0.4, -0.2) is 48.3 Å². The minimum Gasteiger partial charge on any atom is -0.347 e. The number of halogens is 6. The lowest BCUT2D eigenvalue weighted by atomic mass is 9.97. The van der Waals surface area contributed by atoms with Gasteiger partial charge < -0.3 is 10.6 Å². The highest BCUT2D eigenvalue weighted by Crippen LogP contribution is 2.35. The first-order chi connectivity index (χ1) is 15.7. The van der Waals surface area contributed by atoms with E-state index in [0.29, 0.717) is 12.8 Å². The topological polar surface area (TPSA) is 87.3 Å². The number of rotatable bonds is 12. The van der Waals surface area contributed by atoms with Gasteiger partial charge in [-0.05, 0) is 36.5 Å². The SMILES string of the molecule is CC(C)CC(F)(F)CC(NC(c1ccc(F)cc1)C(F)(F)F)C(=O)NCC(=O)C(=O)NC1CC1. The molecule has 0 radical (unpaired) electrons. The molecule has 6 nitrogen and oxygen atoms in total. The van der Waals surface area contributed by atoms with Crippen molar-refractivity contribution in [2.24, 2.45) is 5.92 Å². The molecule has 0 aromatic heterocycles. The second kappa shape index (κ2) is 11.2. The van der Waals surface area contributed by atoms with Crippen LogP contribution in [0, 0.1) is 11.7 Å². The predicted molar refractivity (Wildman–Crippen MR) is 110 cm³/mol. The van der Waals surface area contributed by atoms with Crippen molar-refractivity contribution in [3.8, 4) is 0 Å². The summed E-state index contributed by atoms with van der Waals surface area (Å²) in [4.78, 5) is 36.2. The number of alkyl halides is 5. The van der Waals surface area contributed by atoms with E-state index in [4.69, 9.17) is 0 Å². The van der Waals surface area contributed by atoms with Crippen LogP contribution in [0.3, 0.4) is 0 Å². The molecule has 1 aliphatic carbocycles. The van der Waals surface area contributed by atoms with E-state index in [1.807, 2.05) is 10.6 Å². The molecule has 1 saturated carbocycles. The van der Waals surface area contributed by atoms with Crippen LogP contribution in [-0.2, 0) is 14.4 Å². The molecule has 0 saturated heterocycles. The third-order valence-corrected chi connectivity index (χ3v) is 5.01. The lowest BCUT2D eigenvalue weighted by Gasteiger charge is -2.30. The predicted octanol–water partition coefficient (Wildman–Crippen LogP) is 3.42. The maximum absolute atomic E-state index is 14.5. The first-order valence-corrected chi connectivity index (χ1v) is 10.8. The van der Waals surface area contributed by atoms with Gasteiger partial charge in [0.1, 0.15) is 11.9 Å². The lowest BCUT2D eigenvalue weighted by molar-refractivity contribution is -0.163. The summed E-state index contributed by atoms with van der Waals surface area (Å²) in [6.07, 6.45) is -5.58. The van der Waals surface area contributed by atoms with Gasteiger partial charge in [-0.2, -0.15) is 13.2 Å². The van der Waals surface area contributed by atoms with E-state index in [0.717, 1.165) is 24.3 Å². The number of hydrogen-bond donors (Lipinski definition) is 3. The number of carbonyl (C=O) groups is 3. The molecular weight excluding hydrogens is 468 g/mol. The number of hydrogen-bond acceptors (Lipinski definition) is 4. The molecule has 2 rings (SSSR count). The number of amides is 2. The average molecular weight is 495 g/mol. The quantitative estimate of drug-likeness (QED) is 0.306. The van der Waals surface area contributed by atoms with Gasteiger partial charge in [0.25, 0.3) is 5.91 Å². The number of nitrogens with one attached hydrogen (secondary N) is 3. The van der Waals surface area contributed by atoms with E-state index in [9.17, 15) is 40.7 Å². The molecular formula is C22H27F6N3O3. The molecule has 1 fully saturated rings. The molecule has 0 spiro atoms. The van der Waals surface area contributed by atoms with Gasteiger partial charge in [-0.1, -0.05) is 26.0 Å². The van der Waals surface area contributed by atoms with Crippen LogP contribution >= 0.6 is 0 Å². The maximum atomic E-state index is 14.5. The Hall–Kier alpha value is -2.63. The van der Waals surface area contributed by atoms with Gasteiger partial charge in [0, 0.05) is 18.9 Å². The monoisotopic (exact) mass is 495 g/mol. The molecule has 1 aromatic rings. The minimum absolute atomic E-state index is 0.139. The van der Waals surface area contributed by atoms with E-state index >= 15 is 0 Å². The summed E-state index contributed by atoms with van der Waals surface area (Å²) in [5.74, 6) is -8.15. The molecule has 2 unspecified atom stereocenters. The molecule has 0 bridgehead atoms. The largest absolute Gasteiger partial charge is 0.407 e. The summed E-state index contributed by atoms with van der Waals surface area (Å²) < 4.78 is 83.4. The average Bonchev–Trinajstić information content (AvgIpc) is 3.51. The van der Waals surface area contributed by atoms with Gasteiger partial charge in [-0.25, -0.2) is 13.2 Å². The summed E-state index contributed by atoms with van der Waals surface area (Å²) in [6.45, 7) is 2.12. The molecule has 0 heterocycles. The first-order valence-electron chi connectivity index (χ1n) is 10.8. The Kier molecular flexibility index (Phi) is 9.09. The molecule has 12 heteroatoms. The van der Waals surface area contributed by atoms with Crippen molar-refractivity contribution in [2.75, 3.05) is 6.54 Å². The van der Waals surface area contributed by atoms with Crippen molar-refractivity contribution < 1.29 is 40.7 Å². The van der Waals surface area contributed by atoms with Gasteiger partial charge in [-0.15, -0.1) is 0 Å². The van der Waals surface area contributed by atoms with Gasteiger partial charge in [-0.3, -0.25) is 19.7 Å². The summed E-state index contributed by atoms with van der Waals surface area (Å²) in [6, 6.07) is -1.57. The van der Waals surface area contributed by atoms with E-state index < -0.39 is 78.5 Å². The summed E-state index contributed by atoms with van der Waals surface area (Å²) in [5.41, 5.74) is -0.487. The molecule has 2 amide bonds. The molecule has 3 N–H and O–H groups in total. The first kappa shape index (κ1) is 27.6. The summed E-state index contributed by atoms with van der Waals surface area (Å²) in [7, 11) is 0. The fourth-order valence-corrected chi connectivity index (χ4v) is 3.31. The Morgan fingerprint density at radius 1 is 1.00 bits per heavy atom. The fourth-order valence-electron chi connectivity index (χ4n) is 3.31. The van der Waals surface area contributed by atoms with Crippen LogP contribution in [0.4, 0.5) is 26.3 Å². The zero-order valence-corrected chi connectivity index (χ0v) is 18.6. The van der Waals surface area contributed by atoms with Gasteiger partial charge >= 0.3 is 6.18 Å². The van der Waals surface area contributed by atoms with Crippen molar-refractivity contribution >= 4 is 17.6 Å². The Morgan fingerprint density at radius 2 is 1.59 bits per heavy atom. The zero-order valence-electron chi connectivity index (χ0n) is 18.6. The van der Waals surface area contributed by atoms with Crippen molar-refractivity contribution in [2.45, 2.75) is 69.8 Å². The third kappa shape index (κ3) is 8.96. The lowest BCUT2D eigenvalue weighted by Crippen LogP contribution is -2.52. The normalized spacial score (nSPS) is 16.1. The number of benzene rings is 1. The second-order valence-electron chi connectivity index (χ2n) is 8.79. The smallest absolute Gasteiger partial charge is 0.347 e. The molecule has 1 aliphatic rings. The molecule has 190 valence electrons. The molecule has 0 aliphatic heterocycles. The number of carbonyl (C=O) groups excluding carboxylic acids is 3. The molecule has 2 atom stereocenters. The standard InChI is InChI=1S/C22H27F6N3O3/c1-12(2)9-21(24,25)10-16(19(33)29-11-17(32)20(34)30-15-7-8-15)31-18(22(26,27)28)13-3-5-14(23)6-4-13/h3-6,12,15-16,18,31H,7-11H2,1-2H3,(H,29,33)(H,30,34). The Bertz CT molecular complexity index is 870. The maximum Gasteiger partial charge on any atom is 0.407 e. The van der Waals surface area contributed by atoms with E-state index in [2.05, 4.69) is 5.32 Å². The Balaban J connectivity index is 2.20. The highest BCUT2D eigenvalue weighted by Gasteiger charge is 2.45. The van der Waals surface area contributed by atoms with Crippen LogP contribution < -0.4 is 16.0 Å². The van der Waals surface area contributed by atoms with Crippen molar-refractivity contribution in [1.29, 1.82) is 0 Å². The van der Waals surface area contributed by atoms with Crippen molar-refractivity contribution in [3.63, 3.8) is 0 Å². The number of ketones is 1. The van der Waals surface area contributed by atoms with Crippen molar-refractivity contribution in [3.05, 3.63) is 35.6 Å². The van der Waals surface area contributed by atoms with Crippen molar-refractivity contribution in [1.82, 2.24) is 16.0 Å². The summed E-state index contributed by atoms with van der Waals surface area (Å²) in [5, 5.41) is 6.27. The molecule has 1 aromatic carbocycles. The van der Waals surface area contributed by atoms with Crippen LogP contribution in [0.15, 0.2) is 24.3 Å². The second-order valence-corrected chi connectivity index (χ2v) is 8.79. The third-order valence-electron chi connectivity index (χ3n) is 5.01. The van der Waals surface area contributed by atoms with E-state index in [1.165, 1.54) is 13.8 Å². The van der Waals surface area contributed by atoms with E-state index in [1.54, 1.807) is 0 Å². The van der Waals surface area contributed by atoms with Crippen LogP contribution in [0.25, 0.3) is 0 Å². The highest BCUT2D eigenvalue weighted by molar-refractivity contribution is 6.37. The Morgan fingerprint density at radius 3 is 2.09 bits per heavy atom. The fraction of sp³-hybridized carbons (Fsp3) is 0.591. The molecule has 34 heavy (non-hydrogen) atoms. The van der Waals surface area contributed by atoms with Gasteiger partial charge in [0.05, 0.1) is 12.6 Å². The van der Waals surface area contributed by atoms with Crippen LogP contribution in [0.2, 0.25) is 0 Å². The summed E-state index contributed by atoms with van der Waals surface area (Å²) >= 11 is 0. The Labute approximate surface area is 192 Å². The van der Waals surface area contributed by atoms with Gasteiger partial charge in [0.15, 0.2) is 0 Å². The van der Waals surface area contributed by atoms with Crippen LogP contribution in [0.1, 0.15) is 51.1 Å². The van der Waals surface area contributed by atoms with Gasteiger partial charge in [0.2, 0.25) is 17.6 Å². The number of Topliss-reactive ketones (excluding diaryl/α,β-unsaturated/α-hetero) is 1. The van der Waals surface area contributed by atoms with Crippen LogP contribution in [0.5, 0.6) is 0 Å².